The fraction of sp³-hybridized carbons (Fsp3) is 0.421. The Bertz CT molecular complexity index is 819. The maximum Gasteiger partial charge on any atom is 0.190 e. The van der Waals surface area contributed by atoms with Gasteiger partial charge >= 0.3 is 0 Å². The number of hydrogen-bond acceptors (Lipinski definition) is 5. The third-order valence-corrected chi connectivity index (χ3v) is 5.52. The summed E-state index contributed by atoms with van der Waals surface area (Å²) in [7, 11) is 0. The molecular formula is C19H17N5. The minimum absolute atomic E-state index is 0.102. The highest BCUT2D eigenvalue weighted by Crippen LogP contribution is 2.61. The lowest BCUT2D eigenvalue weighted by molar-refractivity contribution is 0.197. The van der Waals surface area contributed by atoms with Crippen LogP contribution < -0.4 is 0 Å². The van der Waals surface area contributed by atoms with Crippen LogP contribution in [-0.4, -0.2) is 10.7 Å². The topological polar surface area (TPSA) is 108 Å². The number of rotatable bonds is 1. The average molecular weight is 315 g/mol. The van der Waals surface area contributed by atoms with E-state index >= 15 is 0 Å². The van der Waals surface area contributed by atoms with Crippen LogP contribution in [0.2, 0.25) is 0 Å². The number of hydrogen-bond donors (Lipinski definition) is 1. The van der Waals surface area contributed by atoms with Crippen molar-refractivity contribution >= 4 is 5.71 Å². The highest BCUT2D eigenvalue weighted by atomic mass is 14.7. The Morgan fingerprint density at radius 2 is 2.04 bits per heavy atom. The standard InChI is InChI=1S/C19H17N5/c1-18-7-3-2-6-15(18)14(9-20)17(23)19(11-21,12-22)16(18)13-5-4-8-24-10-13/h4-6,8,10,14,16,23H,2-3,7H2,1H3/t14-,16-,18+/m1/s1. The molecule has 2 aliphatic rings. The molecule has 3 rings (SSSR count). The van der Waals surface area contributed by atoms with Gasteiger partial charge in [-0.3, -0.25) is 4.98 Å². The largest absolute Gasteiger partial charge is 0.305 e. The first kappa shape index (κ1) is 15.9. The molecule has 1 heterocycles. The smallest absolute Gasteiger partial charge is 0.190 e. The molecular weight excluding hydrogens is 298 g/mol. The summed E-state index contributed by atoms with van der Waals surface area (Å²) in [4.78, 5) is 4.15. The van der Waals surface area contributed by atoms with E-state index in [2.05, 4.69) is 23.2 Å². The first-order valence-electron chi connectivity index (χ1n) is 7.96. The molecule has 0 saturated heterocycles. The van der Waals surface area contributed by atoms with E-state index in [4.69, 9.17) is 5.41 Å². The van der Waals surface area contributed by atoms with E-state index in [0.717, 1.165) is 30.4 Å². The van der Waals surface area contributed by atoms with Crippen LogP contribution in [0, 0.1) is 56.2 Å². The zero-order valence-corrected chi connectivity index (χ0v) is 13.5. The summed E-state index contributed by atoms with van der Waals surface area (Å²) in [5, 5.41) is 37.9. The van der Waals surface area contributed by atoms with E-state index in [1.165, 1.54) is 0 Å². The second kappa shape index (κ2) is 5.59. The molecule has 1 aromatic rings. The molecule has 0 bridgehead atoms. The van der Waals surface area contributed by atoms with Gasteiger partial charge in [0.1, 0.15) is 5.92 Å². The third kappa shape index (κ3) is 1.90. The number of aromatic nitrogens is 1. The van der Waals surface area contributed by atoms with Crippen molar-refractivity contribution in [1.29, 1.82) is 21.2 Å². The predicted octanol–water partition coefficient (Wildman–Crippen LogP) is 3.49. The van der Waals surface area contributed by atoms with E-state index in [-0.39, 0.29) is 5.71 Å². The number of fused-ring (bicyclic) bond motifs is 1. The molecule has 0 unspecified atom stereocenters. The van der Waals surface area contributed by atoms with Gasteiger partial charge in [0.15, 0.2) is 5.41 Å². The summed E-state index contributed by atoms with van der Waals surface area (Å²) >= 11 is 0. The molecule has 0 spiro atoms. The van der Waals surface area contributed by atoms with Crippen molar-refractivity contribution in [2.75, 3.05) is 0 Å². The van der Waals surface area contributed by atoms with Crippen LogP contribution in [0.4, 0.5) is 0 Å². The second-order valence-electron chi connectivity index (χ2n) is 6.70. The lowest BCUT2D eigenvalue weighted by Crippen LogP contribution is -2.53. The molecule has 1 fully saturated rings. The highest BCUT2D eigenvalue weighted by molar-refractivity contribution is 6.01. The summed E-state index contributed by atoms with van der Waals surface area (Å²) in [5.41, 5.74) is -0.590. The Balaban J connectivity index is 2.34. The van der Waals surface area contributed by atoms with Gasteiger partial charge < -0.3 is 5.41 Å². The minimum atomic E-state index is -1.65. The number of pyridine rings is 1. The summed E-state index contributed by atoms with van der Waals surface area (Å²) < 4.78 is 0. The summed E-state index contributed by atoms with van der Waals surface area (Å²) in [5.74, 6) is -1.31. The van der Waals surface area contributed by atoms with Crippen molar-refractivity contribution in [2.45, 2.75) is 32.1 Å². The van der Waals surface area contributed by atoms with Crippen LogP contribution in [0.5, 0.6) is 0 Å². The van der Waals surface area contributed by atoms with Gasteiger partial charge in [-0.05, 0) is 41.9 Å². The Morgan fingerprint density at radius 3 is 2.62 bits per heavy atom. The van der Waals surface area contributed by atoms with Gasteiger partial charge in [-0.15, -0.1) is 0 Å². The molecule has 0 aliphatic heterocycles. The van der Waals surface area contributed by atoms with Crippen molar-refractivity contribution in [1.82, 2.24) is 4.98 Å². The fourth-order valence-corrected chi connectivity index (χ4v) is 4.45. The van der Waals surface area contributed by atoms with Gasteiger partial charge in [0.25, 0.3) is 0 Å². The van der Waals surface area contributed by atoms with E-state index in [9.17, 15) is 15.8 Å². The van der Waals surface area contributed by atoms with Gasteiger partial charge in [0, 0.05) is 18.3 Å². The Morgan fingerprint density at radius 1 is 1.29 bits per heavy atom. The van der Waals surface area contributed by atoms with E-state index in [1.807, 2.05) is 19.1 Å². The van der Waals surface area contributed by atoms with Crippen LogP contribution in [0.15, 0.2) is 36.2 Å². The van der Waals surface area contributed by atoms with Crippen molar-refractivity contribution in [3.8, 4) is 18.2 Å². The number of nitrogens with zero attached hydrogens (tertiary/aromatic N) is 4. The molecule has 118 valence electrons. The van der Waals surface area contributed by atoms with Crippen LogP contribution in [0.3, 0.4) is 0 Å². The van der Waals surface area contributed by atoms with Crippen molar-refractivity contribution in [3.63, 3.8) is 0 Å². The monoisotopic (exact) mass is 315 g/mol. The molecule has 1 saturated carbocycles. The normalized spacial score (nSPS) is 30.9. The Kier molecular flexibility index (Phi) is 3.70. The SMILES string of the molecule is C[C@]12CCCC=C1[C@@H](C#N)C(=N)C(C#N)(C#N)[C@@H]2c1cccnc1. The molecule has 5 nitrogen and oxygen atoms in total. The lowest BCUT2D eigenvalue weighted by Gasteiger charge is -2.52. The van der Waals surface area contributed by atoms with Crippen molar-refractivity contribution in [2.24, 2.45) is 16.7 Å². The zero-order valence-electron chi connectivity index (χ0n) is 13.5. The minimum Gasteiger partial charge on any atom is -0.305 e. The Labute approximate surface area is 141 Å². The average Bonchev–Trinajstić information content (AvgIpc) is 2.62. The first-order valence-corrected chi connectivity index (χ1v) is 7.96. The molecule has 0 aromatic carbocycles. The molecule has 1 aromatic heterocycles. The lowest BCUT2D eigenvalue weighted by atomic mass is 9.47. The maximum atomic E-state index is 9.90. The highest BCUT2D eigenvalue weighted by Gasteiger charge is 2.62. The third-order valence-electron chi connectivity index (χ3n) is 5.52. The van der Waals surface area contributed by atoms with Gasteiger partial charge in [-0.1, -0.05) is 19.1 Å². The number of allylic oxidation sites excluding steroid dienone is 2. The molecule has 3 atom stereocenters. The number of nitriles is 3. The van der Waals surface area contributed by atoms with E-state index < -0.39 is 22.7 Å². The molecule has 24 heavy (non-hydrogen) atoms. The summed E-state index contributed by atoms with van der Waals surface area (Å²) in [6.07, 6.45) is 7.95. The van der Waals surface area contributed by atoms with Gasteiger partial charge in [-0.2, -0.15) is 15.8 Å². The van der Waals surface area contributed by atoms with E-state index in [0.29, 0.717) is 0 Å². The fourth-order valence-electron chi connectivity index (χ4n) is 4.45. The molecule has 0 radical (unpaired) electrons. The van der Waals surface area contributed by atoms with Gasteiger partial charge in [0.05, 0.1) is 23.9 Å². The van der Waals surface area contributed by atoms with Crippen LogP contribution >= 0.6 is 0 Å². The van der Waals surface area contributed by atoms with Gasteiger partial charge in [0.2, 0.25) is 0 Å². The van der Waals surface area contributed by atoms with E-state index in [1.54, 1.807) is 18.5 Å². The molecule has 2 aliphatic carbocycles. The van der Waals surface area contributed by atoms with Crippen LogP contribution in [-0.2, 0) is 0 Å². The zero-order chi connectivity index (χ0) is 17.4. The van der Waals surface area contributed by atoms with Gasteiger partial charge in [-0.25, -0.2) is 0 Å². The Hall–Kier alpha value is -2.97. The first-order chi connectivity index (χ1) is 11.5. The summed E-state index contributed by atoms with van der Waals surface area (Å²) in [6.45, 7) is 2.02. The molecule has 0 amide bonds. The van der Waals surface area contributed by atoms with Crippen LogP contribution in [0.25, 0.3) is 0 Å². The maximum absolute atomic E-state index is 9.90. The molecule has 1 N–H and O–H groups in total. The summed E-state index contributed by atoms with van der Waals surface area (Å²) in [6, 6.07) is 10.00. The van der Waals surface area contributed by atoms with Crippen molar-refractivity contribution < 1.29 is 0 Å². The second-order valence-corrected chi connectivity index (χ2v) is 6.70. The van der Waals surface area contributed by atoms with Crippen LogP contribution in [0.1, 0.15) is 37.7 Å². The predicted molar refractivity (Wildman–Crippen MR) is 87.5 cm³/mol. The quantitative estimate of drug-likeness (QED) is 0.800. The van der Waals surface area contributed by atoms with Crippen molar-refractivity contribution in [3.05, 3.63) is 41.7 Å². The number of nitrogens with one attached hydrogen (secondary N) is 1. The molecule has 5 heteroatoms.